The molecule has 2 nitrogen and oxygen atoms in total. The number of pyridine rings is 1. The van der Waals surface area contributed by atoms with Crippen LogP contribution in [0.15, 0.2) is 34.9 Å². The zero-order valence-electron chi connectivity index (χ0n) is 10.2. The highest BCUT2D eigenvalue weighted by molar-refractivity contribution is 9.10. The molecule has 1 N–H and O–H groups in total. The van der Waals surface area contributed by atoms with Crippen LogP contribution < -0.4 is 5.32 Å². The minimum Gasteiger partial charge on any atom is -0.338 e. The molecule has 1 heterocycles. The average Bonchev–Trinajstić information content (AvgIpc) is 2.33. The Bertz CT molecular complexity index is 641. The van der Waals surface area contributed by atoms with E-state index in [0.29, 0.717) is 4.47 Å². The first-order valence-corrected chi connectivity index (χ1v) is 6.32. The summed E-state index contributed by atoms with van der Waals surface area (Å²) in [4.78, 5) is 3.77. The fourth-order valence-electron chi connectivity index (χ4n) is 1.65. The van der Waals surface area contributed by atoms with Gasteiger partial charge in [0.2, 0.25) is 0 Å². The molecule has 0 aliphatic heterocycles. The van der Waals surface area contributed by atoms with Crippen molar-refractivity contribution in [1.29, 1.82) is 0 Å². The highest BCUT2D eigenvalue weighted by Crippen LogP contribution is 2.34. The van der Waals surface area contributed by atoms with Crippen LogP contribution in [0, 0.1) is 12.7 Å². The molecule has 0 aliphatic carbocycles. The molecule has 0 saturated carbocycles. The van der Waals surface area contributed by atoms with Crippen molar-refractivity contribution in [3.05, 3.63) is 51.9 Å². The molecule has 0 amide bonds. The summed E-state index contributed by atoms with van der Waals surface area (Å²) in [6.07, 6.45) is -3.10. The van der Waals surface area contributed by atoms with E-state index in [2.05, 4.69) is 26.2 Å². The lowest BCUT2D eigenvalue weighted by Crippen LogP contribution is -2.08. The number of nitrogens with zero attached hydrogens (tertiary/aromatic N) is 1. The van der Waals surface area contributed by atoms with Crippen LogP contribution in [0.1, 0.15) is 11.1 Å². The van der Waals surface area contributed by atoms with E-state index in [-0.39, 0.29) is 17.1 Å². The van der Waals surface area contributed by atoms with E-state index >= 15 is 0 Å². The molecule has 0 fully saturated rings. The molecule has 7 heteroatoms. The van der Waals surface area contributed by atoms with Gasteiger partial charge in [0.15, 0.2) is 11.6 Å². The molecular formula is C13H9BrF4N2. The van der Waals surface area contributed by atoms with Crippen molar-refractivity contribution in [2.45, 2.75) is 13.1 Å². The largest absolute Gasteiger partial charge is 0.416 e. The van der Waals surface area contributed by atoms with Gasteiger partial charge in [-0.25, -0.2) is 9.37 Å². The molecule has 2 rings (SSSR count). The quantitative estimate of drug-likeness (QED) is 0.767. The van der Waals surface area contributed by atoms with Gasteiger partial charge in [-0.3, -0.25) is 0 Å². The van der Waals surface area contributed by atoms with Crippen molar-refractivity contribution in [1.82, 2.24) is 4.98 Å². The smallest absolute Gasteiger partial charge is 0.338 e. The number of rotatable bonds is 2. The molecule has 20 heavy (non-hydrogen) atoms. The summed E-state index contributed by atoms with van der Waals surface area (Å²) >= 11 is 3.05. The van der Waals surface area contributed by atoms with E-state index in [4.69, 9.17) is 0 Å². The van der Waals surface area contributed by atoms with Crippen LogP contribution in [-0.4, -0.2) is 4.98 Å². The van der Waals surface area contributed by atoms with Gasteiger partial charge in [-0.15, -0.1) is 0 Å². The summed E-state index contributed by atoms with van der Waals surface area (Å²) in [5, 5.41) is 2.53. The van der Waals surface area contributed by atoms with Crippen LogP contribution in [0.5, 0.6) is 0 Å². The Kier molecular flexibility index (Phi) is 3.99. The summed E-state index contributed by atoms with van der Waals surface area (Å²) in [5.74, 6) is -0.793. The third-order valence-corrected chi connectivity index (χ3v) is 3.05. The second kappa shape index (κ2) is 5.40. The summed E-state index contributed by atoms with van der Waals surface area (Å²) in [5.41, 5.74) is -0.538. The van der Waals surface area contributed by atoms with Crippen LogP contribution in [-0.2, 0) is 6.18 Å². The highest BCUT2D eigenvalue weighted by atomic mass is 79.9. The molecule has 0 unspecified atom stereocenters. The Labute approximate surface area is 121 Å². The normalized spacial score (nSPS) is 11.5. The molecule has 1 aromatic heterocycles. The summed E-state index contributed by atoms with van der Waals surface area (Å²) in [7, 11) is 0. The van der Waals surface area contributed by atoms with Gasteiger partial charge in [-0.2, -0.15) is 13.2 Å². The number of halogens is 5. The van der Waals surface area contributed by atoms with Gasteiger partial charge in [0.05, 0.1) is 5.56 Å². The van der Waals surface area contributed by atoms with E-state index in [1.54, 1.807) is 0 Å². The fraction of sp³-hybridized carbons (Fsp3) is 0.154. The van der Waals surface area contributed by atoms with Crippen LogP contribution in [0.3, 0.4) is 0 Å². The number of anilines is 2. The Morgan fingerprint density at radius 1 is 1.20 bits per heavy atom. The zero-order valence-corrected chi connectivity index (χ0v) is 11.8. The van der Waals surface area contributed by atoms with E-state index in [1.807, 2.05) is 0 Å². The second-order valence-corrected chi connectivity index (χ2v) is 5.05. The Morgan fingerprint density at radius 2 is 1.90 bits per heavy atom. The van der Waals surface area contributed by atoms with Crippen molar-refractivity contribution < 1.29 is 17.6 Å². The van der Waals surface area contributed by atoms with Crippen molar-refractivity contribution >= 4 is 27.4 Å². The number of hydrogen-bond acceptors (Lipinski definition) is 2. The van der Waals surface area contributed by atoms with E-state index in [1.165, 1.54) is 31.3 Å². The van der Waals surface area contributed by atoms with Crippen molar-refractivity contribution in [3.63, 3.8) is 0 Å². The van der Waals surface area contributed by atoms with Gasteiger partial charge < -0.3 is 5.32 Å². The van der Waals surface area contributed by atoms with Crippen molar-refractivity contribution in [2.24, 2.45) is 0 Å². The summed E-state index contributed by atoms with van der Waals surface area (Å²) < 4.78 is 52.3. The van der Waals surface area contributed by atoms with Crippen LogP contribution in [0.25, 0.3) is 0 Å². The molecule has 0 atom stereocenters. The topological polar surface area (TPSA) is 24.9 Å². The number of nitrogens with one attached hydrogen (secondary N) is 1. The van der Waals surface area contributed by atoms with E-state index < -0.39 is 17.6 Å². The summed E-state index contributed by atoms with van der Waals surface area (Å²) in [6, 6.07) is 4.86. The SMILES string of the molecule is Cc1ccc(Nc2ncc(Br)cc2F)cc1C(F)(F)F. The van der Waals surface area contributed by atoms with Gasteiger partial charge in [-0.1, -0.05) is 6.07 Å². The first-order valence-electron chi connectivity index (χ1n) is 5.53. The molecule has 0 aliphatic rings. The van der Waals surface area contributed by atoms with E-state index in [9.17, 15) is 17.6 Å². The number of alkyl halides is 3. The lowest BCUT2D eigenvalue weighted by Gasteiger charge is -2.13. The van der Waals surface area contributed by atoms with Crippen molar-refractivity contribution in [3.8, 4) is 0 Å². The second-order valence-electron chi connectivity index (χ2n) is 4.14. The molecule has 106 valence electrons. The molecular weight excluding hydrogens is 340 g/mol. The average molecular weight is 349 g/mol. The van der Waals surface area contributed by atoms with Crippen LogP contribution in [0.4, 0.5) is 29.1 Å². The van der Waals surface area contributed by atoms with Crippen molar-refractivity contribution in [2.75, 3.05) is 5.32 Å². The molecule has 0 spiro atoms. The maximum absolute atomic E-state index is 13.6. The molecule has 0 bridgehead atoms. The van der Waals surface area contributed by atoms with E-state index in [0.717, 1.165) is 6.07 Å². The van der Waals surface area contributed by atoms with Gasteiger partial charge in [0, 0.05) is 16.4 Å². The maximum atomic E-state index is 13.6. The Hall–Kier alpha value is -1.63. The minimum atomic E-state index is -4.45. The third-order valence-electron chi connectivity index (χ3n) is 2.61. The highest BCUT2D eigenvalue weighted by Gasteiger charge is 2.32. The lowest BCUT2D eigenvalue weighted by molar-refractivity contribution is -0.138. The third kappa shape index (κ3) is 3.27. The van der Waals surface area contributed by atoms with Gasteiger partial charge in [-0.05, 0) is 46.6 Å². The Balaban J connectivity index is 2.35. The number of aromatic nitrogens is 1. The zero-order chi connectivity index (χ0) is 14.9. The first-order chi connectivity index (χ1) is 9.27. The first kappa shape index (κ1) is 14.8. The lowest BCUT2D eigenvalue weighted by atomic mass is 10.1. The molecule has 2 aromatic rings. The predicted molar refractivity (Wildman–Crippen MR) is 71.4 cm³/mol. The van der Waals surface area contributed by atoms with Gasteiger partial charge in [0.25, 0.3) is 0 Å². The number of hydrogen-bond donors (Lipinski definition) is 1. The van der Waals surface area contributed by atoms with Gasteiger partial charge >= 0.3 is 6.18 Å². The van der Waals surface area contributed by atoms with Crippen LogP contribution in [0.2, 0.25) is 0 Å². The minimum absolute atomic E-state index is 0.104. The van der Waals surface area contributed by atoms with Crippen LogP contribution >= 0.6 is 15.9 Å². The molecule has 0 saturated heterocycles. The van der Waals surface area contributed by atoms with Gasteiger partial charge in [0.1, 0.15) is 0 Å². The molecule has 0 radical (unpaired) electrons. The molecule has 1 aromatic carbocycles. The predicted octanol–water partition coefficient (Wildman–Crippen LogP) is 5.05. The standard InChI is InChI=1S/C13H9BrF4N2/c1-7-2-3-9(5-10(7)13(16,17)18)20-12-11(15)4-8(14)6-19-12/h2-6H,1H3,(H,19,20). The number of aryl methyl sites for hydroxylation is 1. The fourth-order valence-corrected chi connectivity index (χ4v) is 1.95. The summed E-state index contributed by atoms with van der Waals surface area (Å²) in [6.45, 7) is 1.37. The monoisotopic (exact) mass is 348 g/mol. The maximum Gasteiger partial charge on any atom is 0.416 e. The number of benzene rings is 1. The Morgan fingerprint density at radius 3 is 2.50 bits per heavy atom.